The molecule has 0 saturated carbocycles. The van der Waals surface area contributed by atoms with Gasteiger partial charge in [-0.3, -0.25) is 4.79 Å². The van der Waals surface area contributed by atoms with Gasteiger partial charge in [0.2, 0.25) is 5.95 Å². The number of aromatic nitrogens is 2. The van der Waals surface area contributed by atoms with Gasteiger partial charge in [0.25, 0.3) is 15.9 Å². The summed E-state index contributed by atoms with van der Waals surface area (Å²) in [6, 6.07) is 12.0. The summed E-state index contributed by atoms with van der Waals surface area (Å²) >= 11 is 1.16. The minimum Gasteiger partial charge on any atom is -0.379 e. The van der Waals surface area contributed by atoms with Crippen molar-refractivity contribution < 1.29 is 17.9 Å². The summed E-state index contributed by atoms with van der Waals surface area (Å²) in [5.41, 5.74) is 1.16. The van der Waals surface area contributed by atoms with Crippen molar-refractivity contribution in [2.75, 3.05) is 31.6 Å². The van der Waals surface area contributed by atoms with Crippen molar-refractivity contribution in [1.82, 2.24) is 19.6 Å². The first-order chi connectivity index (χ1) is 15.0. The van der Waals surface area contributed by atoms with Crippen molar-refractivity contribution in [2.45, 2.75) is 10.8 Å². The number of carbonyl (C=O) groups is 1. The topological polar surface area (TPSA) is 114 Å². The van der Waals surface area contributed by atoms with Crippen molar-refractivity contribution in [3.05, 3.63) is 65.3 Å². The molecule has 9 nitrogen and oxygen atoms in total. The molecule has 1 amide bonds. The predicted molar refractivity (Wildman–Crippen MR) is 117 cm³/mol. The average Bonchev–Trinajstić information content (AvgIpc) is 3.29. The van der Waals surface area contributed by atoms with Gasteiger partial charge >= 0.3 is 0 Å². The summed E-state index contributed by atoms with van der Waals surface area (Å²) in [6.07, 6.45) is 3.25. The molecule has 1 fully saturated rings. The lowest BCUT2D eigenvalue weighted by Crippen LogP contribution is -2.40. The third-order valence-electron chi connectivity index (χ3n) is 4.57. The van der Waals surface area contributed by atoms with Crippen LogP contribution < -0.4 is 10.6 Å². The zero-order chi connectivity index (χ0) is 21.7. The molecular formula is C20H21N5O4S2. The summed E-state index contributed by atoms with van der Waals surface area (Å²) in [5.74, 6) is 0.177. The number of benzene rings is 1. The van der Waals surface area contributed by atoms with Crippen LogP contribution in [0.1, 0.15) is 15.2 Å². The minimum atomic E-state index is -3.53. The standard InChI is InChI=1S/C20H21N5O4S2/c26-19(15-3-1-4-16(13-15)24-20-21-7-2-8-22-20)23-14-17-5-6-18(30-17)31(27,28)25-9-11-29-12-10-25/h1-8,13H,9-12,14H2,(H,23,26)(H,21,22,24). The number of morpholine rings is 1. The van der Waals surface area contributed by atoms with E-state index in [0.717, 1.165) is 16.2 Å². The summed E-state index contributed by atoms with van der Waals surface area (Å²) < 4.78 is 32.4. The van der Waals surface area contributed by atoms with Crippen molar-refractivity contribution in [3.8, 4) is 0 Å². The van der Waals surface area contributed by atoms with Crippen molar-refractivity contribution in [2.24, 2.45) is 0 Å². The van der Waals surface area contributed by atoms with E-state index in [0.29, 0.717) is 43.5 Å². The molecule has 1 aliphatic heterocycles. The number of nitrogens with one attached hydrogen (secondary N) is 2. The molecular weight excluding hydrogens is 438 g/mol. The van der Waals surface area contributed by atoms with Crippen LogP contribution in [0.3, 0.4) is 0 Å². The van der Waals surface area contributed by atoms with Crippen molar-refractivity contribution in [1.29, 1.82) is 0 Å². The molecule has 0 atom stereocenters. The van der Waals surface area contributed by atoms with Crippen LogP contribution in [0.5, 0.6) is 0 Å². The van der Waals surface area contributed by atoms with Gasteiger partial charge in [-0.2, -0.15) is 4.31 Å². The molecule has 11 heteroatoms. The number of hydrogen-bond donors (Lipinski definition) is 2. The first-order valence-corrected chi connectivity index (χ1v) is 11.9. The molecule has 0 spiro atoms. The number of amides is 1. The lowest BCUT2D eigenvalue weighted by Gasteiger charge is -2.25. The van der Waals surface area contributed by atoms with Crippen LogP contribution in [0.15, 0.2) is 59.1 Å². The van der Waals surface area contributed by atoms with Crippen LogP contribution in [0.2, 0.25) is 0 Å². The number of rotatable bonds is 7. The monoisotopic (exact) mass is 459 g/mol. The number of ether oxygens (including phenoxy) is 1. The fourth-order valence-corrected chi connectivity index (χ4v) is 5.86. The molecule has 4 rings (SSSR count). The van der Waals surface area contributed by atoms with Gasteiger partial charge in [-0.15, -0.1) is 11.3 Å². The number of sulfonamides is 1. The summed E-state index contributed by atoms with van der Waals surface area (Å²) in [5, 5.41) is 5.88. The Morgan fingerprint density at radius 3 is 2.65 bits per heavy atom. The lowest BCUT2D eigenvalue weighted by molar-refractivity contribution is 0.0731. The van der Waals surface area contributed by atoms with E-state index in [-0.39, 0.29) is 16.7 Å². The Bertz CT molecular complexity index is 1150. The number of carbonyl (C=O) groups excluding carboxylic acids is 1. The SMILES string of the molecule is O=C(NCc1ccc(S(=O)(=O)N2CCOCC2)s1)c1cccc(Nc2ncccn2)c1. The normalized spacial score (nSPS) is 14.8. The Hall–Kier alpha value is -2.86. The van der Waals surface area contributed by atoms with Crippen LogP contribution in [0, 0.1) is 0 Å². The Labute approximate surface area is 184 Å². The number of thiophene rings is 1. The highest BCUT2D eigenvalue weighted by Crippen LogP contribution is 2.25. The highest BCUT2D eigenvalue weighted by Gasteiger charge is 2.27. The quantitative estimate of drug-likeness (QED) is 0.557. The number of anilines is 2. The zero-order valence-electron chi connectivity index (χ0n) is 16.5. The van der Waals surface area contributed by atoms with Gasteiger partial charge < -0.3 is 15.4 Å². The van der Waals surface area contributed by atoms with Gasteiger partial charge in [-0.05, 0) is 36.4 Å². The Morgan fingerprint density at radius 2 is 1.87 bits per heavy atom. The molecule has 0 radical (unpaired) electrons. The first kappa shape index (κ1) is 21.4. The molecule has 3 aromatic rings. The maximum absolute atomic E-state index is 12.7. The summed E-state index contributed by atoms with van der Waals surface area (Å²) in [6.45, 7) is 1.74. The van der Waals surface area contributed by atoms with E-state index < -0.39 is 10.0 Å². The van der Waals surface area contributed by atoms with Crippen LogP contribution in [0.25, 0.3) is 0 Å². The fraction of sp³-hybridized carbons (Fsp3) is 0.250. The predicted octanol–water partition coefficient (Wildman–Crippen LogP) is 2.23. The Balaban J connectivity index is 1.38. The van der Waals surface area contributed by atoms with Gasteiger partial charge in [-0.25, -0.2) is 18.4 Å². The molecule has 1 aromatic carbocycles. The fourth-order valence-electron chi connectivity index (χ4n) is 3.01. The van der Waals surface area contributed by atoms with Crippen LogP contribution >= 0.6 is 11.3 Å². The molecule has 162 valence electrons. The molecule has 0 bridgehead atoms. The van der Waals surface area contributed by atoms with Crippen LogP contribution in [0.4, 0.5) is 11.6 Å². The Kier molecular flexibility index (Phi) is 6.56. The van der Waals surface area contributed by atoms with Gasteiger partial charge in [0.1, 0.15) is 4.21 Å². The van der Waals surface area contributed by atoms with E-state index >= 15 is 0 Å². The van der Waals surface area contributed by atoms with E-state index in [9.17, 15) is 13.2 Å². The highest BCUT2D eigenvalue weighted by atomic mass is 32.2. The molecule has 31 heavy (non-hydrogen) atoms. The van der Waals surface area contributed by atoms with E-state index in [1.807, 2.05) is 6.07 Å². The van der Waals surface area contributed by atoms with Gasteiger partial charge in [0.05, 0.1) is 19.8 Å². The lowest BCUT2D eigenvalue weighted by atomic mass is 10.2. The molecule has 1 aliphatic rings. The second-order valence-corrected chi connectivity index (χ2v) is 10.0. The first-order valence-electron chi connectivity index (χ1n) is 9.61. The number of hydrogen-bond acceptors (Lipinski definition) is 8. The van der Waals surface area contributed by atoms with Gasteiger partial charge in [-0.1, -0.05) is 6.07 Å². The van der Waals surface area contributed by atoms with Gasteiger partial charge in [0, 0.05) is 41.6 Å². The Morgan fingerprint density at radius 1 is 1.10 bits per heavy atom. The number of nitrogens with zero attached hydrogens (tertiary/aromatic N) is 3. The molecule has 2 aromatic heterocycles. The third kappa shape index (κ3) is 5.25. The molecule has 1 saturated heterocycles. The van der Waals surface area contributed by atoms with E-state index in [2.05, 4.69) is 20.6 Å². The van der Waals surface area contributed by atoms with E-state index in [1.54, 1.807) is 48.8 Å². The summed E-state index contributed by atoms with van der Waals surface area (Å²) in [4.78, 5) is 21.5. The molecule has 0 aliphatic carbocycles. The zero-order valence-corrected chi connectivity index (χ0v) is 18.2. The molecule has 3 heterocycles. The largest absolute Gasteiger partial charge is 0.379 e. The maximum Gasteiger partial charge on any atom is 0.252 e. The van der Waals surface area contributed by atoms with Crippen molar-refractivity contribution in [3.63, 3.8) is 0 Å². The van der Waals surface area contributed by atoms with Gasteiger partial charge in [0.15, 0.2) is 0 Å². The summed E-state index contributed by atoms with van der Waals surface area (Å²) in [7, 11) is -3.53. The highest BCUT2D eigenvalue weighted by molar-refractivity contribution is 7.91. The van der Waals surface area contributed by atoms with Crippen molar-refractivity contribution >= 4 is 38.9 Å². The van der Waals surface area contributed by atoms with E-state index in [4.69, 9.17) is 4.74 Å². The second-order valence-electron chi connectivity index (χ2n) is 6.70. The maximum atomic E-state index is 12.7. The average molecular weight is 460 g/mol. The smallest absolute Gasteiger partial charge is 0.252 e. The van der Waals surface area contributed by atoms with Crippen LogP contribution in [-0.4, -0.2) is 54.9 Å². The third-order valence-corrected chi connectivity index (χ3v) is 8.02. The van der Waals surface area contributed by atoms with E-state index in [1.165, 1.54) is 4.31 Å². The molecule has 0 unspecified atom stereocenters. The minimum absolute atomic E-state index is 0.238. The second kappa shape index (κ2) is 9.52. The van der Waals surface area contributed by atoms with Crippen LogP contribution in [-0.2, 0) is 21.3 Å². The molecule has 2 N–H and O–H groups in total.